The van der Waals surface area contributed by atoms with Crippen LogP contribution < -0.4 is 5.73 Å². The highest BCUT2D eigenvalue weighted by Gasteiger charge is 2.09. The highest BCUT2D eigenvalue weighted by Crippen LogP contribution is 2.20. The summed E-state index contributed by atoms with van der Waals surface area (Å²) in [4.78, 5) is 15.8. The average Bonchev–Trinajstić information content (AvgIpc) is 3.04. The summed E-state index contributed by atoms with van der Waals surface area (Å²) >= 11 is 0. The molecule has 3 aromatic rings. The lowest BCUT2D eigenvalue weighted by molar-refractivity contribution is 0.0999. The van der Waals surface area contributed by atoms with Gasteiger partial charge in [0.05, 0.1) is 0 Å². The summed E-state index contributed by atoms with van der Waals surface area (Å²) in [5.41, 5.74) is 7.58. The van der Waals surface area contributed by atoms with Gasteiger partial charge in [-0.05, 0) is 36.6 Å². The standard InChI is InChI=1S/C18H17N4O2/c19-17(24)15-9-2-1-5-12(15)6-4-10-16-20-18(22-21-16)13-7-3-8-14(23)11-13/h1-3,5,7-11,23H,4,6H2,(H2,19,24)(H,20,21,22). The number of aryl methyl sites for hydroxylation is 1. The molecule has 0 fully saturated rings. The lowest BCUT2D eigenvalue weighted by Gasteiger charge is -2.05. The van der Waals surface area contributed by atoms with Crippen molar-refractivity contribution in [2.24, 2.45) is 5.73 Å². The maximum Gasteiger partial charge on any atom is 0.248 e. The summed E-state index contributed by atoms with van der Waals surface area (Å²) in [7, 11) is 0. The lowest BCUT2D eigenvalue weighted by atomic mass is 10.0. The molecule has 2 aromatic carbocycles. The van der Waals surface area contributed by atoms with Gasteiger partial charge in [-0.25, -0.2) is 4.98 Å². The van der Waals surface area contributed by atoms with Crippen molar-refractivity contribution in [3.8, 4) is 17.1 Å². The predicted molar refractivity (Wildman–Crippen MR) is 90.2 cm³/mol. The van der Waals surface area contributed by atoms with E-state index < -0.39 is 5.91 Å². The smallest absolute Gasteiger partial charge is 0.248 e. The summed E-state index contributed by atoms with van der Waals surface area (Å²) in [6.45, 7) is 0. The number of nitrogens with one attached hydrogen (secondary N) is 1. The van der Waals surface area contributed by atoms with Crippen molar-refractivity contribution in [2.45, 2.75) is 12.8 Å². The normalized spacial score (nSPS) is 10.7. The molecule has 0 unspecified atom stereocenters. The molecule has 0 spiro atoms. The Morgan fingerprint density at radius 3 is 2.83 bits per heavy atom. The van der Waals surface area contributed by atoms with Gasteiger partial charge < -0.3 is 10.8 Å². The fourth-order valence-electron chi connectivity index (χ4n) is 2.48. The van der Waals surface area contributed by atoms with Crippen LogP contribution in [0, 0.1) is 6.42 Å². The molecule has 0 aliphatic heterocycles. The zero-order valence-corrected chi connectivity index (χ0v) is 12.9. The number of phenols is 1. The largest absolute Gasteiger partial charge is 0.508 e. The number of nitrogens with zero attached hydrogens (tertiary/aromatic N) is 2. The molecular formula is C18H17N4O2. The van der Waals surface area contributed by atoms with E-state index in [1.54, 1.807) is 30.3 Å². The van der Waals surface area contributed by atoms with Crippen LogP contribution >= 0.6 is 0 Å². The van der Waals surface area contributed by atoms with Crippen molar-refractivity contribution in [1.29, 1.82) is 0 Å². The Bertz CT molecular complexity index is 857. The summed E-state index contributed by atoms with van der Waals surface area (Å²) in [6.07, 6.45) is 3.29. The molecular weight excluding hydrogens is 304 g/mol. The van der Waals surface area contributed by atoms with E-state index in [0.717, 1.165) is 11.1 Å². The summed E-state index contributed by atoms with van der Waals surface area (Å²) in [5, 5.41) is 16.5. The summed E-state index contributed by atoms with van der Waals surface area (Å²) in [5.74, 6) is 0.918. The van der Waals surface area contributed by atoms with Gasteiger partial charge in [0.2, 0.25) is 5.91 Å². The maximum absolute atomic E-state index is 11.4. The number of aromatic amines is 1. The molecule has 121 valence electrons. The number of phenolic OH excluding ortho intramolecular Hbond substituents is 1. The zero-order chi connectivity index (χ0) is 16.9. The minimum absolute atomic E-state index is 0.172. The van der Waals surface area contributed by atoms with Crippen LogP contribution in [0.4, 0.5) is 0 Å². The first-order chi connectivity index (χ1) is 11.6. The van der Waals surface area contributed by atoms with Crippen molar-refractivity contribution >= 4 is 5.91 Å². The van der Waals surface area contributed by atoms with Gasteiger partial charge >= 0.3 is 0 Å². The van der Waals surface area contributed by atoms with Gasteiger partial charge in [0.1, 0.15) is 11.6 Å². The van der Waals surface area contributed by atoms with E-state index in [2.05, 4.69) is 15.2 Å². The number of benzene rings is 2. The SMILES string of the molecule is NC(=O)c1ccccc1CC[CH]c1nc(-c2cccc(O)c2)n[nH]1. The quantitative estimate of drug-likeness (QED) is 0.648. The van der Waals surface area contributed by atoms with Crippen molar-refractivity contribution in [1.82, 2.24) is 15.2 Å². The van der Waals surface area contributed by atoms with Crippen LogP contribution in [0.1, 0.15) is 28.2 Å². The number of rotatable bonds is 6. The molecule has 1 heterocycles. The van der Waals surface area contributed by atoms with Gasteiger partial charge in [0, 0.05) is 17.5 Å². The molecule has 0 aliphatic rings. The van der Waals surface area contributed by atoms with Crippen LogP contribution in [0.25, 0.3) is 11.4 Å². The molecule has 0 aliphatic carbocycles. The monoisotopic (exact) mass is 321 g/mol. The van der Waals surface area contributed by atoms with Crippen molar-refractivity contribution in [3.63, 3.8) is 0 Å². The minimum atomic E-state index is -0.420. The molecule has 6 nitrogen and oxygen atoms in total. The van der Waals surface area contributed by atoms with E-state index in [9.17, 15) is 9.90 Å². The molecule has 4 N–H and O–H groups in total. The van der Waals surface area contributed by atoms with Crippen molar-refractivity contribution in [2.75, 3.05) is 0 Å². The lowest BCUT2D eigenvalue weighted by Crippen LogP contribution is -2.13. The molecule has 1 aromatic heterocycles. The minimum Gasteiger partial charge on any atom is -0.508 e. The number of amides is 1. The Morgan fingerprint density at radius 2 is 2.04 bits per heavy atom. The number of nitrogens with two attached hydrogens (primary N) is 1. The number of hydrogen-bond donors (Lipinski definition) is 3. The Hall–Kier alpha value is -3.15. The average molecular weight is 321 g/mol. The van der Waals surface area contributed by atoms with E-state index in [0.29, 0.717) is 30.1 Å². The molecule has 3 rings (SSSR count). The van der Waals surface area contributed by atoms with E-state index in [1.807, 2.05) is 24.6 Å². The Labute approximate surface area is 139 Å². The Kier molecular flexibility index (Phi) is 4.56. The summed E-state index contributed by atoms with van der Waals surface area (Å²) in [6, 6.07) is 14.1. The molecule has 1 radical (unpaired) electrons. The fraction of sp³-hybridized carbons (Fsp3) is 0.111. The first-order valence-electron chi connectivity index (χ1n) is 7.56. The molecule has 0 saturated heterocycles. The van der Waals surface area contributed by atoms with E-state index in [4.69, 9.17) is 5.73 Å². The van der Waals surface area contributed by atoms with Crippen molar-refractivity contribution in [3.05, 3.63) is 71.9 Å². The van der Waals surface area contributed by atoms with Crippen LogP contribution in [0.2, 0.25) is 0 Å². The third kappa shape index (κ3) is 3.60. The van der Waals surface area contributed by atoms with Gasteiger partial charge in [0.15, 0.2) is 5.82 Å². The first kappa shape index (κ1) is 15.7. The number of hydrogen-bond acceptors (Lipinski definition) is 4. The van der Waals surface area contributed by atoms with Crippen LogP contribution in [-0.4, -0.2) is 26.2 Å². The number of aromatic hydroxyl groups is 1. The predicted octanol–water partition coefficient (Wildman–Crippen LogP) is 2.46. The third-order valence-electron chi connectivity index (χ3n) is 3.64. The third-order valence-corrected chi connectivity index (χ3v) is 3.64. The topological polar surface area (TPSA) is 105 Å². The molecule has 0 atom stereocenters. The molecule has 1 amide bonds. The van der Waals surface area contributed by atoms with E-state index in [-0.39, 0.29) is 5.75 Å². The fourth-order valence-corrected chi connectivity index (χ4v) is 2.48. The number of carbonyl (C=O) groups excluding carboxylic acids is 1. The van der Waals surface area contributed by atoms with Crippen molar-refractivity contribution < 1.29 is 9.90 Å². The molecule has 6 heteroatoms. The van der Waals surface area contributed by atoms with Gasteiger partial charge in [0.25, 0.3) is 0 Å². The Morgan fingerprint density at radius 1 is 1.21 bits per heavy atom. The van der Waals surface area contributed by atoms with Gasteiger partial charge in [-0.2, -0.15) is 5.10 Å². The Balaban J connectivity index is 1.63. The van der Waals surface area contributed by atoms with Crippen LogP contribution in [-0.2, 0) is 6.42 Å². The maximum atomic E-state index is 11.4. The second-order valence-corrected chi connectivity index (χ2v) is 5.36. The second-order valence-electron chi connectivity index (χ2n) is 5.36. The van der Waals surface area contributed by atoms with E-state index in [1.165, 1.54) is 0 Å². The van der Waals surface area contributed by atoms with Gasteiger partial charge in [-0.15, -0.1) is 0 Å². The van der Waals surface area contributed by atoms with Gasteiger partial charge in [-0.3, -0.25) is 9.89 Å². The summed E-state index contributed by atoms with van der Waals surface area (Å²) < 4.78 is 0. The second kappa shape index (κ2) is 6.95. The van der Waals surface area contributed by atoms with Gasteiger partial charge in [-0.1, -0.05) is 30.3 Å². The first-order valence-corrected chi connectivity index (χ1v) is 7.56. The number of carbonyl (C=O) groups is 1. The van der Waals surface area contributed by atoms with Crippen LogP contribution in [0.3, 0.4) is 0 Å². The number of aromatic nitrogens is 3. The van der Waals surface area contributed by atoms with Crippen LogP contribution in [0.5, 0.6) is 5.75 Å². The zero-order valence-electron chi connectivity index (χ0n) is 12.9. The highest BCUT2D eigenvalue weighted by molar-refractivity contribution is 5.94. The number of H-pyrrole nitrogens is 1. The van der Waals surface area contributed by atoms with E-state index >= 15 is 0 Å². The molecule has 0 saturated carbocycles. The number of primary amides is 1. The molecule has 0 bridgehead atoms. The van der Waals surface area contributed by atoms with Crippen LogP contribution in [0.15, 0.2) is 48.5 Å². The highest BCUT2D eigenvalue weighted by atomic mass is 16.3. The molecule has 24 heavy (non-hydrogen) atoms.